The Morgan fingerprint density at radius 3 is 2.58 bits per heavy atom. The number of rotatable bonds is 3. The van der Waals surface area contributed by atoms with E-state index >= 15 is 0 Å². The molecule has 2 heterocycles. The second-order valence-corrected chi connectivity index (χ2v) is 5.40. The summed E-state index contributed by atoms with van der Waals surface area (Å²) < 4.78 is 37.5. The molecular formula is C12H15ClF3N3. The van der Waals surface area contributed by atoms with Crippen LogP contribution < -0.4 is 10.6 Å². The minimum absolute atomic E-state index is 0.00775. The third-order valence-electron chi connectivity index (χ3n) is 3.21. The summed E-state index contributed by atoms with van der Waals surface area (Å²) >= 11 is 5.87. The second kappa shape index (κ2) is 4.83. The normalized spacial score (nSPS) is 18.3. The molecule has 0 aromatic carbocycles. The van der Waals surface area contributed by atoms with Crippen LogP contribution >= 0.6 is 11.6 Å². The Bertz CT molecular complexity index is 470. The number of nitrogens with zero attached hydrogens (tertiary/aromatic N) is 2. The first-order valence-electron chi connectivity index (χ1n) is 6.02. The SMILES string of the molecule is CCCC1(N)CN(c2ncc(C(F)(F)F)cc2Cl)C1. The summed E-state index contributed by atoms with van der Waals surface area (Å²) in [5.41, 5.74) is 4.98. The lowest BCUT2D eigenvalue weighted by molar-refractivity contribution is -0.137. The number of aromatic nitrogens is 1. The summed E-state index contributed by atoms with van der Waals surface area (Å²) in [6, 6.07) is 0.903. The van der Waals surface area contributed by atoms with Gasteiger partial charge in [0.1, 0.15) is 5.82 Å². The van der Waals surface area contributed by atoms with Crippen LogP contribution in [0.25, 0.3) is 0 Å². The van der Waals surface area contributed by atoms with Crippen LogP contribution in [0.1, 0.15) is 25.3 Å². The zero-order chi connectivity index (χ0) is 14.3. The molecule has 0 atom stereocenters. The van der Waals surface area contributed by atoms with Crippen LogP contribution in [-0.2, 0) is 6.18 Å². The van der Waals surface area contributed by atoms with Crippen molar-refractivity contribution < 1.29 is 13.2 Å². The van der Waals surface area contributed by atoms with Crippen molar-refractivity contribution in [3.8, 4) is 0 Å². The maximum atomic E-state index is 12.5. The van der Waals surface area contributed by atoms with Crippen LogP contribution in [0, 0.1) is 0 Å². The van der Waals surface area contributed by atoms with Gasteiger partial charge >= 0.3 is 6.18 Å². The Kier molecular flexibility index (Phi) is 3.66. The molecule has 0 bridgehead atoms. The van der Waals surface area contributed by atoms with Gasteiger partial charge in [-0.3, -0.25) is 0 Å². The van der Waals surface area contributed by atoms with Crippen molar-refractivity contribution in [2.45, 2.75) is 31.5 Å². The standard InChI is InChI=1S/C12H15ClF3N3/c1-2-3-11(17)6-19(7-11)10-9(13)4-8(5-18-10)12(14,15)16/h4-5H,2-3,6-7,17H2,1H3. The van der Waals surface area contributed by atoms with Gasteiger partial charge in [-0.2, -0.15) is 13.2 Å². The van der Waals surface area contributed by atoms with Crippen molar-refractivity contribution in [1.82, 2.24) is 4.98 Å². The first kappa shape index (κ1) is 14.4. The molecule has 2 rings (SSSR count). The highest BCUT2D eigenvalue weighted by Gasteiger charge is 2.40. The number of alkyl halides is 3. The van der Waals surface area contributed by atoms with E-state index in [2.05, 4.69) is 4.98 Å². The lowest BCUT2D eigenvalue weighted by Gasteiger charge is -2.48. The lowest BCUT2D eigenvalue weighted by atomic mass is 9.86. The number of pyridine rings is 1. The molecule has 106 valence electrons. The van der Waals surface area contributed by atoms with Crippen LogP contribution in [0.15, 0.2) is 12.3 Å². The number of anilines is 1. The van der Waals surface area contributed by atoms with Gasteiger partial charge in [-0.05, 0) is 12.5 Å². The molecule has 2 N–H and O–H groups in total. The summed E-state index contributed by atoms with van der Waals surface area (Å²) in [4.78, 5) is 5.61. The highest BCUT2D eigenvalue weighted by Crippen LogP contribution is 2.36. The maximum absolute atomic E-state index is 12.5. The van der Waals surface area contributed by atoms with Crippen molar-refractivity contribution >= 4 is 17.4 Å². The third kappa shape index (κ3) is 2.95. The average Bonchev–Trinajstić information content (AvgIpc) is 2.25. The summed E-state index contributed by atoms with van der Waals surface area (Å²) in [7, 11) is 0. The molecule has 1 aromatic rings. The topological polar surface area (TPSA) is 42.1 Å². The minimum Gasteiger partial charge on any atom is -0.352 e. The molecule has 0 unspecified atom stereocenters. The Morgan fingerprint density at radius 2 is 2.11 bits per heavy atom. The van der Waals surface area contributed by atoms with Crippen molar-refractivity contribution in [3.63, 3.8) is 0 Å². The van der Waals surface area contributed by atoms with Crippen molar-refractivity contribution in [2.75, 3.05) is 18.0 Å². The largest absolute Gasteiger partial charge is 0.417 e. The second-order valence-electron chi connectivity index (χ2n) is 5.00. The number of hydrogen-bond donors (Lipinski definition) is 1. The van der Waals surface area contributed by atoms with Crippen LogP contribution in [0.2, 0.25) is 5.02 Å². The fourth-order valence-electron chi connectivity index (χ4n) is 2.34. The average molecular weight is 294 g/mol. The van der Waals surface area contributed by atoms with E-state index in [1.807, 2.05) is 6.92 Å². The van der Waals surface area contributed by atoms with Gasteiger partial charge in [0, 0.05) is 19.3 Å². The number of hydrogen-bond acceptors (Lipinski definition) is 3. The van der Waals surface area contributed by atoms with Gasteiger partial charge in [0.05, 0.1) is 16.1 Å². The fraction of sp³-hybridized carbons (Fsp3) is 0.583. The first-order chi connectivity index (χ1) is 8.75. The Morgan fingerprint density at radius 1 is 1.47 bits per heavy atom. The van der Waals surface area contributed by atoms with Gasteiger partial charge in [-0.25, -0.2) is 4.98 Å². The van der Waals surface area contributed by atoms with Gasteiger partial charge < -0.3 is 10.6 Å². The summed E-state index contributed by atoms with van der Waals surface area (Å²) in [5.74, 6) is 0.367. The van der Waals surface area contributed by atoms with E-state index in [9.17, 15) is 13.2 Å². The smallest absolute Gasteiger partial charge is 0.352 e. The number of nitrogens with two attached hydrogens (primary N) is 1. The van der Waals surface area contributed by atoms with Gasteiger partial charge in [0.25, 0.3) is 0 Å². The Hall–Kier alpha value is -1.01. The quantitative estimate of drug-likeness (QED) is 0.931. The van der Waals surface area contributed by atoms with Crippen molar-refractivity contribution in [3.05, 3.63) is 22.8 Å². The van der Waals surface area contributed by atoms with E-state index in [0.717, 1.165) is 25.1 Å². The molecule has 1 aliphatic rings. The monoisotopic (exact) mass is 293 g/mol. The Balaban J connectivity index is 2.12. The molecule has 0 radical (unpaired) electrons. The van der Waals surface area contributed by atoms with Gasteiger partial charge in [-0.1, -0.05) is 24.9 Å². The fourth-order valence-corrected chi connectivity index (χ4v) is 2.62. The lowest BCUT2D eigenvalue weighted by Crippen LogP contribution is -2.67. The predicted molar refractivity (Wildman–Crippen MR) is 68.3 cm³/mol. The van der Waals surface area contributed by atoms with E-state index in [0.29, 0.717) is 18.9 Å². The predicted octanol–water partition coefficient (Wildman–Crippen LogP) is 3.07. The maximum Gasteiger partial charge on any atom is 0.417 e. The third-order valence-corrected chi connectivity index (χ3v) is 3.49. The molecular weight excluding hydrogens is 279 g/mol. The van der Waals surface area contributed by atoms with E-state index < -0.39 is 11.7 Å². The van der Waals surface area contributed by atoms with Crippen LogP contribution in [0.3, 0.4) is 0 Å². The highest BCUT2D eigenvalue weighted by molar-refractivity contribution is 6.33. The van der Waals surface area contributed by atoms with Crippen LogP contribution in [0.4, 0.5) is 19.0 Å². The van der Waals surface area contributed by atoms with Gasteiger partial charge in [-0.15, -0.1) is 0 Å². The molecule has 1 aliphatic heterocycles. The highest BCUT2D eigenvalue weighted by atomic mass is 35.5. The molecule has 1 aromatic heterocycles. The Labute approximate surface area is 114 Å². The molecule has 7 heteroatoms. The first-order valence-corrected chi connectivity index (χ1v) is 6.39. The number of halogens is 4. The van der Waals surface area contributed by atoms with Gasteiger partial charge in [0.15, 0.2) is 0 Å². The molecule has 0 amide bonds. The van der Waals surface area contributed by atoms with E-state index in [-0.39, 0.29) is 10.6 Å². The summed E-state index contributed by atoms with van der Waals surface area (Å²) in [6.45, 7) is 3.18. The van der Waals surface area contributed by atoms with Crippen molar-refractivity contribution in [2.24, 2.45) is 5.73 Å². The molecule has 19 heavy (non-hydrogen) atoms. The zero-order valence-corrected chi connectivity index (χ0v) is 11.2. The van der Waals surface area contributed by atoms with Crippen molar-refractivity contribution in [1.29, 1.82) is 0 Å². The molecule has 0 saturated carbocycles. The molecule has 3 nitrogen and oxygen atoms in total. The minimum atomic E-state index is -4.43. The van der Waals surface area contributed by atoms with Crippen LogP contribution in [-0.4, -0.2) is 23.6 Å². The summed E-state index contributed by atoms with van der Waals surface area (Å²) in [6.07, 6.45) is -1.78. The van der Waals surface area contributed by atoms with Crippen LogP contribution in [0.5, 0.6) is 0 Å². The molecule has 0 aliphatic carbocycles. The zero-order valence-electron chi connectivity index (χ0n) is 10.5. The summed E-state index contributed by atoms with van der Waals surface area (Å²) in [5, 5.41) is 0.00775. The molecule has 1 fully saturated rings. The molecule has 0 spiro atoms. The van der Waals surface area contributed by atoms with E-state index in [1.165, 1.54) is 0 Å². The van der Waals surface area contributed by atoms with E-state index in [4.69, 9.17) is 17.3 Å². The van der Waals surface area contributed by atoms with Gasteiger partial charge in [0.2, 0.25) is 0 Å². The van der Waals surface area contributed by atoms with E-state index in [1.54, 1.807) is 4.90 Å². The molecule has 1 saturated heterocycles.